The molecule has 0 aliphatic heterocycles. The van der Waals surface area contributed by atoms with Crippen LogP contribution in [-0.4, -0.2) is 25.6 Å². The minimum absolute atomic E-state index is 0. The van der Waals surface area contributed by atoms with Crippen LogP contribution in [0.2, 0.25) is 0 Å². The second-order valence-electron chi connectivity index (χ2n) is 3.93. The largest absolute Gasteiger partial charge is 1.00 e. The minimum atomic E-state index is 0. The molecular formula is C10H20F2N2. The highest BCUT2D eigenvalue weighted by atomic mass is 19.0. The van der Waals surface area contributed by atoms with E-state index in [4.69, 9.17) is 0 Å². The second-order valence-corrected chi connectivity index (χ2v) is 3.93. The number of rotatable bonds is 2. The van der Waals surface area contributed by atoms with Gasteiger partial charge in [-0.25, -0.2) is 0 Å². The van der Waals surface area contributed by atoms with Crippen LogP contribution in [0.4, 0.5) is 0 Å². The van der Waals surface area contributed by atoms with Crippen LogP contribution in [0.5, 0.6) is 0 Å². The summed E-state index contributed by atoms with van der Waals surface area (Å²) in [5.41, 5.74) is 1.40. The van der Waals surface area contributed by atoms with Gasteiger partial charge in [0.15, 0.2) is 0 Å². The van der Waals surface area contributed by atoms with Gasteiger partial charge in [-0.1, -0.05) is 30.3 Å². The Hall–Kier alpha value is -1.00. The molecule has 0 radical (unpaired) electrons. The number of halogens is 2. The molecule has 0 saturated carbocycles. The molecule has 0 saturated heterocycles. The van der Waals surface area contributed by atoms with Gasteiger partial charge in [-0.05, 0) is 0 Å². The van der Waals surface area contributed by atoms with Gasteiger partial charge in [0.1, 0.15) is 6.54 Å². The zero-order valence-corrected chi connectivity index (χ0v) is 9.30. The fourth-order valence-electron chi connectivity index (χ4n) is 1.13. The van der Waals surface area contributed by atoms with Crippen molar-refractivity contribution >= 4 is 0 Å². The molecule has 14 heavy (non-hydrogen) atoms. The molecule has 0 amide bonds. The number of quaternary nitrogens is 2. The normalized spacial score (nSPS) is 9.07. The Kier molecular flexibility index (Phi) is 9.91. The predicted octanol–water partition coefficient (Wildman–Crippen LogP) is -3.72. The lowest BCUT2D eigenvalue weighted by Gasteiger charge is -2.23. The highest BCUT2D eigenvalue weighted by Gasteiger charge is 2.06. The molecule has 4 heteroatoms. The first-order valence-corrected chi connectivity index (χ1v) is 3.92. The van der Waals surface area contributed by atoms with E-state index in [9.17, 15) is 0 Å². The van der Waals surface area contributed by atoms with Gasteiger partial charge < -0.3 is 20.0 Å². The molecule has 4 N–H and O–H groups in total. The van der Waals surface area contributed by atoms with E-state index in [0.29, 0.717) is 0 Å². The summed E-state index contributed by atoms with van der Waals surface area (Å²) >= 11 is 0. The second kappa shape index (κ2) is 7.41. The first-order chi connectivity index (χ1) is 5.08. The van der Waals surface area contributed by atoms with Crippen LogP contribution in [0.3, 0.4) is 0 Å². The summed E-state index contributed by atoms with van der Waals surface area (Å²) in [5.74, 6) is 0. The van der Waals surface area contributed by atoms with Crippen molar-refractivity contribution in [3.63, 3.8) is 0 Å². The van der Waals surface area contributed by atoms with Crippen LogP contribution >= 0.6 is 0 Å². The molecule has 0 spiro atoms. The van der Waals surface area contributed by atoms with Crippen molar-refractivity contribution in [2.24, 2.45) is 0 Å². The zero-order valence-electron chi connectivity index (χ0n) is 9.30. The van der Waals surface area contributed by atoms with Gasteiger partial charge in [0.05, 0.1) is 21.1 Å². The smallest absolute Gasteiger partial charge is 0.104 e. The fourth-order valence-corrected chi connectivity index (χ4v) is 1.13. The van der Waals surface area contributed by atoms with Crippen molar-refractivity contribution in [2.75, 3.05) is 21.1 Å². The van der Waals surface area contributed by atoms with Crippen LogP contribution in [-0.2, 0) is 6.54 Å². The average Bonchev–Trinajstić information content (AvgIpc) is 1.85. The Morgan fingerprint density at radius 3 is 1.71 bits per heavy atom. The first-order valence-electron chi connectivity index (χ1n) is 3.92. The van der Waals surface area contributed by atoms with Crippen molar-refractivity contribution in [1.82, 2.24) is 6.15 Å². The number of benzene rings is 1. The van der Waals surface area contributed by atoms with E-state index in [-0.39, 0.29) is 15.6 Å². The van der Waals surface area contributed by atoms with Gasteiger partial charge in [0.25, 0.3) is 0 Å². The van der Waals surface area contributed by atoms with Gasteiger partial charge in [-0.2, -0.15) is 0 Å². The van der Waals surface area contributed by atoms with E-state index in [1.165, 1.54) is 5.56 Å². The summed E-state index contributed by atoms with van der Waals surface area (Å²) in [6, 6.07) is 10.6. The molecular weight excluding hydrogens is 186 g/mol. The molecule has 1 rings (SSSR count). The molecule has 0 aliphatic carbocycles. The van der Waals surface area contributed by atoms with Crippen LogP contribution < -0.4 is 15.6 Å². The third-order valence-corrected chi connectivity index (χ3v) is 1.50. The SMILES string of the molecule is C[N+](C)(C)Cc1ccccc1.[F-].[F-].[NH4+]. The fraction of sp³-hybridized carbons (Fsp3) is 0.400. The van der Waals surface area contributed by atoms with E-state index in [2.05, 4.69) is 51.5 Å². The maximum Gasteiger partial charge on any atom is 0.104 e. The molecule has 0 aromatic heterocycles. The van der Waals surface area contributed by atoms with Gasteiger partial charge >= 0.3 is 0 Å². The first kappa shape index (κ1) is 18.7. The highest BCUT2D eigenvalue weighted by Crippen LogP contribution is 2.04. The summed E-state index contributed by atoms with van der Waals surface area (Å²) in [4.78, 5) is 0. The van der Waals surface area contributed by atoms with E-state index >= 15 is 0 Å². The van der Waals surface area contributed by atoms with E-state index in [0.717, 1.165) is 11.0 Å². The van der Waals surface area contributed by atoms with Gasteiger partial charge in [0.2, 0.25) is 0 Å². The summed E-state index contributed by atoms with van der Waals surface area (Å²) in [6.45, 7) is 1.10. The Bertz CT molecular complexity index is 219. The highest BCUT2D eigenvalue weighted by molar-refractivity contribution is 5.13. The van der Waals surface area contributed by atoms with Crippen molar-refractivity contribution in [3.8, 4) is 0 Å². The molecule has 0 atom stereocenters. The average molecular weight is 206 g/mol. The summed E-state index contributed by atoms with van der Waals surface area (Å²) in [6.07, 6.45) is 0. The van der Waals surface area contributed by atoms with Crippen molar-refractivity contribution in [2.45, 2.75) is 6.54 Å². The maximum absolute atomic E-state index is 2.20. The molecule has 2 nitrogen and oxygen atoms in total. The molecule has 0 aliphatic rings. The number of hydrogen-bond donors (Lipinski definition) is 1. The van der Waals surface area contributed by atoms with Gasteiger partial charge in [0, 0.05) is 5.56 Å². The van der Waals surface area contributed by atoms with Crippen LogP contribution in [0.25, 0.3) is 0 Å². The molecule has 0 heterocycles. The van der Waals surface area contributed by atoms with Gasteiger partial charge in [-0.3, -0.25) is 0 Å². The Labute approximate surface area is 84.5 Å². The lowest BCUT2D eigenvalue weighted by molar-refractivity contribution is -0.884. The van der Waals surface area contributed by atoms with E-state index in [1.54, 1.807) is 0 Å². The predicted molar refractivity (Wildman–Crippen MR) is 54.2 cm³/mol. The summed E-state index contributed by atoms with van der Waals surface area (Å²) < 4.78 is 0.990. The zero-order chi connectivity index (χ0) is 8.32. The molecule has 1 aromatic carbocycles. The lowest BCUT2D eigenvalue weighted by atomic mass is 10.2. The van der Waals surface area contributed by atoms with Crippen molar-refractivity contribution in [1.29, 1.82) is 0 Å². The maximum atomic E-state index is 2.20. The topological polar surface area (TPSA) is 36.5 Å². The number of hydrogen-bond acceptors (Lipinski definition) is 0. The van der Waals surface area contributed by atoms with Crippen molar-refractivity contribution in [3.05, 3.63) is 35.9 Å². The Balaban J connectivity index is -0.000000403. The lowest BCUT2D eigenvalue weighted by Crippen LogP contribution is -3.00. The number of nitrogens with zero attached hydrogens (tertiary/aromatic N) is 1. The summed E-state index contributed by atoms with van der Waals surface area (Å²) in [5, 5.41) is 0. The Morgan fingerprint density at radius 1 is 0.929 bits per heavy atom. The van der Waals surface area contributed by atoms with E-state index < -0.39 is 0 Å². The third kappa shape index (κ3) is 7.64. The van der Waals surface area contributed by atoms with Crippen molar-refractivity contribution < 1.29 is 13.9 Å². The minimum Gasteiger partial charge on any atom is -1.00 e. The third-order valence-electron chi connectivity index (χ3n) is 1.50. The Morgan fingerprint density at radius 2 is 1.36 bits per heavy atom. The quantitative estimate of drug-likeness (QED) is 0.483. The van der Waals surface area contributed by atoms with Crippen LogP contribution in [0.1, 0.15) is 5.56 Å². The van der Waals surface area contributed by atoms with E-state index in [1.807, 2.05) is 0 Å². The summed E-state index contributed by atoms with van der Waals surface area (Å²) in [7, 11) is 6.60. The van der Waals surface area contributed by atoms with Crippen LogP contribution in [0, 0.1) is 0 Å². The monoisotopic (exact) mass is 206 g/mol. The van der Waals surface area contributed by atoms with Crippen LogP contribution in [0.15, 0.2) is 30.3 Å². The van der Waals surface area contributed by atoms with Gasteiger partial charge in [-0.15, -0.1) is 0 Å². The molecule has 84 valence electrons. The molecule has 0 fully saturated rings. The molecule has 1 aromatic rings. The standard InChI is InChI=1S/C10H16N.2FH.H3N/c1-11(2,3)9-10-7-5-4-6-8-10;;;/h4-8H,9H2,1-3H3;2*1H;1H3/q+1;;;/p-1. The molecule has 0 bridgehead atoms. The molecule has 0 unspecified atom stereocenters.